The molecule has 0 spiro atoms. The van der Waals surface area contributed by atoms with E-state index in [1.165, 1.54) is 5.56 Å². The maximum atomic E-state index is 4.10. The van der Waals surface area contributed by atoms with Gasteiger partial charge in [0.1, 0.15) is 0 Å². The molecule has 2 nitrogen and oxygen atoms in total. The van der Waals surface area contributed by atoms with Gasteiger partial charge < -0.3 is 4.98 Å². The van der Waals surface area contributed by atoms with E-state index in [1.54, 1.807) is 6.33 Å². The Morgan fingerprint density at radius 1 is 1.36 bits per heavy atom. The zero-order valence-corrected chi connectivity index (χ0v) is 6.98. The second-order valence-electron chi connectivity index (χ2n) is 2.42. The van der Waals surface area contributed by atoms with E-state index in [1.807, 2.05) is 6.07 Å². The van der Waals surface area contributed by atoms with Crippen molar-refractivity contribution in [1.29, 1.82) is 0 Å². The summed E-state index contributed by atoms with van der Waals surface area (Å²) < 4.78 is 0. The molecule has 1 aromatic heterocycles. The van der Waals surface area contributed by atoms with Crippen LogP contribution in [0, 0.1) is 6.92 Å². The van der Waals surface area contributed by atoms with Gasteiger partial charge in [0, 0.05) is 0 Å². The highest BCUT2D eigenvalue weighted by Gasteiger charge is 1.92. The highest BCUT2D eigenvalue weighted by molar-refractivity contribution is 5.85. The second-order valence-corrected chi connectivity index (χ2v) is 2.42. The number of halogens is 1. The van der Waals surface area contributed by atoms with E-state index in [0.29, 0.717) is 0 Å². The number of imidazole rings is 1. The van der Waals surface area contributed by atoms with Crippen LogP contribution in [0.1, 0.15) is 5.56 Å². The van der Waals surface area contributed by atoms with Crippen LogP contribution in [0.5, 0.6) is 0 Å². The SMILES string of the molecule is Cc1ccc2nc[nH]c2c1.Cl. The number of hydrogen-bond donors (Lipinski definition) is 1. The topological polar surface area (TPSA) is 28.7 Å². The zero-order valence-electron chi connectivity index (χ0n) is 6.16. The van der Waals surface area contributed by atoms with Gasteiger partial charge in [0.05, 0.1) is 17.4 Å². The van der Waals surface area contributed by atoms with E-state index >= 15 is 0 Å². The Balaban J connectivity index is 0.000000605. The Labute approximate surface area is 71.1 Å². The van der Waals surface area contributed by atoms with Gasteiger partial charge in [-0.15, -0.1) is 12.4 Å². The molecule has 2 rings (SSSR count). The predicted molar refractivity (Wildman–Crippen MR) is 48.1 cm³/mol. The summed E-state index contributed by atoms with van der Waals surface area (Å²) in [7, 11) is 0. The summed E-state index contributed by atoms with van der Waals surface area (Å²) in [5.41, 5.74) is 3.40. The van der Waals surface area contributed by atoms with Crippen molar-refractivity contribution in [2.75, 3.05) is 0 Å². The Morgan fingerprint density at radius 3 is 3.00 bits per heavy atom. The van der Waals surface area contributed by atoms with Crippen molar-refractivity contribution in [1.82, 2.24) is 9.97 Å². The quantitative estimate of drug-likeness (QED) is 0.643. The number of aromatic amines is 1. The molecule has 0 unspecified atom stereocenters. The summed E-state index contributed by atoms with van der Waals surface area (Å²) in [6, 6.07) is 6.16. The normalized spacial score (nSPS) is 9.55. The van der Waals surface area contributed by atoms with Crippen molar-refractivity contribution in [2.24, 2.45) is 0 Å². The van der Waals surface area contributed by atoms with E-state index in [-0.39, 0.29) is 12.4 Å². The minimum atomic E-state index is 0. The Kier molecular flexibility index (Phi) is 2.15. The van der Waals surface area contributed by atoms with Crippen molar-refractivity contribution in [3.8, 4) is 0 Å². The smallest absolute Gasteiger partial charge is 0.0931 e. The fraction of sp³-hybridized carbons (Fsp3) is 0.125. The standard InChI is InChI=1S/C8H8N2.ClH/c1-6-2-3-7-8(4-6)10-5-9-7;/h2-5H,1H3,(H,9,10);1H. The van der Waals surface area contributed by atoms with Crippen LogP contribution in [0.4, 0.5) is 0 Å². The molecule has 0 atom stereocenters. The Hall–Kier alpha value is -1.02. The second kappa shape index (κ2) is 2.93. The average Bonchev–Trinajstić information content (AvgIpc) is 2.33. The van der Waals surface area contributed by atoms with Gasteiger partial charge in [0.25, 0.3) is 0 Å². The number of aryl methyl sites for hydroxylation is 1. The van der Waals surface area contributed by atoms with E-state index in [0.717, 1.165) is 11.0 Å². The van der Waals surface area contributed by atoms with Crippen LogP contribution in [0.2, 0.25) is 0 Å². The van der Waals surface area contributed by atoms with Gasteiger partial charge in [-0.05, 0) is 24.6 Å². The number of nitrogens with one attached hydrogen (secondary N) is 1. The predicted octanol–water partition coefficient (Wildman–Crippen LogP) is 2.29. The van der Waals surface area contributed by atoms with Crippen LogP contribution >= 0.6 is 12.4 Å². The summed E-state index contributed by atoms with van der Waals surface area (Å²) in [5.74, 6) is 0. The molecule has 0 aliphatic heterocycles. The molecule has 0 fully saturated rings. The number of fused-ring (bicyclic) bond motifs is 1. The monoisotopic (exact) mass is 168 g/mol. The number of hydrogen-bond acceptors (Lipinski definition) is 1. The van der Waals surface area contributed by atoms with Crippen LogP contribution in [0.15, 0.2) is 24.5 Å². The van der Waals surface area contributed by atoms with Crippen molar-refractivity contribution in [3.63, 3.8) is 0 Å². The lowest BCUT2D eigenvalue weighted by Crippen LogP contribution is -1.71. The van der Waals surface area contributed by atoms with Crippen LogP contribution in [-0.2, 0) is 0 Å². The van der Waals surface area contributed by atoms with Gasteiger partial charge in [-0.3, -0.25) is 0 Å². The molecular weight excluding hydrogens is 160 g/mol. The molecule has 1 heterocycles. The van der Waals surface area contributed by atoms with Crippen molar-refractivity contribution in [2.45, 2.75) is 6.92 Å². The molecule has 1 N–H and O–H groups in total. The molecule has 0 saturated heterocycles. The van der Waals surface area contributed by atoms with Gasteiger partial charge in [-0.1, -0.05) is 6.07 Å². The summed E-state index contributed by atoms with van der Waals surface area (Å²) in [6.45, 7) is 2.07. The first-order valence-electron chi connectivity index (χ1n) is 3.26. The molecule has 0 amide bonds. The number of benzene rings is 1. The first kappa shape index (κ1) is 8.08. The van der Waals surface area contributed by atoms with Crippen molar-refractivity contribution < 1.29 is 0 Å². The van der Waals surface area contributed by atoms with Gasteiger partial charge in [-0.25, -0.2) is 4.98 Å². The van der Waals surface area contributed by atoms with Crippen LogP contribution < -0.4 is 0 Å². The van der Waals surface area contributed by atoms with E-state index < -0.39 is 0 Å². The van der Waals surface area contributed by atoms with Crippen LogP contribution in [0.25, 0.3) is 11.0 Å². The minimum absolute atomic E-state index is 0. The lowest BCUT2D eigenvalue weighted by molar-refractivity contribution is 1.34. The number of rotatable bonds is 0. The summed E-state index contributed by atoms with van der Waals surface area (Å²) in [4.78, 5) is 7.15. The highest BCUT2D eigenvalue weighted by atomic mass is 35.5. The van der Waals surface area contributed by atoms with Crippen molar-refractivity contribution in [3.05, 3.63) is 30.1 Å². The third-order valence-electron chi connectivity index (χ3n) is 1.58. The Morgan fingerprint density at radius 2 is 2.18 bits per heavy atom. The maximum absolute atomic E-state index is 4.10. The molecule has 0 saturated carbocycles. The van der Waals surface area contributed by atoms with Gasteiger partial charge >= 0.3 is 0 Å². The minimum Gasteiger partial charge on any atom is -0.345 e. The first-order chi connectivity index (χ1) is 4.86. The number of aromatic nitrogens is 2. The summed E-state index contributed by atoms with van der Waals surface area (Å²) in [6.07, 6.45) is 1.71. The molecular formula is C8H9ClN2. The number of H-pyrrole nitrogens is 1. The van der Waals surface area contributed by atoms with E-state index in [9.17, 15) is 0 Å². The molecule has 0 aliphatic carbocycles. The fourth-order valence-electron chi connectivity index (χ4n) is 1.05. The van der Waals surface area contributed by atoms with Crippen LogP contribution in [0.3, 0.4) is 0 Å². The lowest BCUT2D eigenvalue weighted by Gasteiger charge is -1.89. The molecule has 0 radical (unpaired) electrons. The van der Waals surface area contributed by atoms with Gasteiger partial charge in [-0.2, -0.15) is 0 Å². The molecule has 1 aromatic carbocycles. The Bertz CT molecular complexity index is 354. The number of nitrogens with zero attached hydrogens (tertiary/aromatic N) is 1. The van der Waals surface area contributed by atoms with Crippen molar-refractivity contribution >= 4 is 23.4 Å². The highest BCUT2D eigenvalue weighted by Crippen LogP contribution is 2.09. The fourth-order valence-corrected chi connectivity index (χ4v) is 1.05. The van der Waals surface area contributed by atoms with Gasteiger partial charge in [0.2, 0.25) is 0 Å². The maximum Gasteiger partial charge on any atom is 0.0931 e. The molecule has 0 bridgehead atoms. The largest absolute Gasteiger partial charge is 0.345 e. The zero-order chi connectivity index (χ0) is 6.97. The summed E-state index contributed by atoms with van der Waals surface area (Å²) in [5, 5.41) is 0. The van der Waals surface area contributed by atoms with Gasteiger partial charge in [0.15, 0.2) is 0 Å². The lowest BCUT2D eigenvalue weighted by atomic mass is 10.2. The summed E-state index contributed by atoms with van der Waals surface area (Å²) >= 11 is 0. The molecule has 58 valence electrons. The third-order valence-corrected chi connectivity index (χ3v) is 1.58. The molecule has 3 heteroatoms. The molecule has 11 heavy (non-hydrogen) atoms. The molecule has 2 aromatic rings. The average molecular weight is 169 g/mol. The van der Waals surface area contributed by atoms with Crippen LogP contribution in [-0.4, -0.2) is 9.97 Å². The molecule has 0 aliphatic rings. The first-order valence-corrected chi connectivity index (χ1v) is 3.26. The third kappa shape index (κ3) is 1.35. The van der Waals surface area contributed by atoms with E-state index in [4.69, 9.17) is 0 Å². The van der Waals surface area contributed by atoms with E-state index in [2.05, 4.69) is 29.0 Å².